The third-order valence-corrected chi connectivity index (χ3v) is 9.77. The fraction of sp³-hybridized carbons (Fsp3) is 0.710. The largest absolute Gasteiger partial charge is 0.444 e. The highest BCUT2D eigenvalue weighted by molar-refractivity contribution is 5.96. The van der Waals surface area contributed by atoms with Gasteiger partial charge >= 0.3 is 6.09 Å². The molecule has 5 atom stereocenters. The third kappa shape index (κ3) is 5.46. The average molecular weight is 583 g/mol. The molecule has 0 spiro atoms. The molecule has 6 heterocycles. The molecule has 11 nitrogen and oxygen atoms in total. The van der Waals surface area contributed by atoms with E-state index in [1.807, 2.05) is 55.7 Å². The van der Waals surface area contributed by atoms with Crippen LogP contribution in [0.5, 0.6) is 0 Å². The van der Waals surface area contributed by atoms with Crippen molar-refractivity contribution in [3.8, 4) is 0 Å². The van der Waals surface area contributed by atoms with Crippen molar-refractivity contribution >= 4 is 23.6 Å². The maximum atomic E-state index is 13.2. The summed E-state index contributed by atoms with van der Waals surface area (Å²) in [6.45, 7) is 13.0. The minimum Gasteiger partial charge on any atom is -0.444 e. The Kier molecular flexibility index (Phi) is 7.64. The van der Waals surface area contributed by atoms with Gasteiger partial charge in [-0.2, -0.15) is 0 Å². The second-order valence-corrected chi connectivity index (χ2v) is 13.7. The molecule has 0 aliphatic carbocycles. The number of piperidine rings is 3. The fourth-order valence-electron chi connectivity index (χ4n) is 7.48. The molecule has 0 radical (unpaired) electrons. The predicted molar refractivity (Wildman–Crippen MR) is 158 cm³/mol. The Balaban J connectivity index is 1.16. The fourth-order valence-corrected chi connectivity index (χ4v) is 7.48. The lowest BCUT2D eigenvalue weighted by Crippen LogP contribution is -2.62. The lowest BCUT2D eigenvalue weighted by Gasteiger charge is -2.49. The van der Waals surface area contributed by atoms with Crippen LogP contribution in [0, 0.1) is 12.8 Å². The van der Waals surface area contributed by atoms with E-state index >= 15 is 0 Å². The van der Waals surface area contributed by atoms with E-state index in [2.05, 4.69) is 28.0 Å². The summed E-state index contributed by atoms with van der Waals surface area (Å²) in [5.74, 6) is -0.171. The first-order chi connectivity index (χ1) is 20.0. The zero-order chi connectivity index (χ0) is 29.8. The van der Waals surface area contributed by atoms with E-state index in [0.29, 0.717) is 38.3 Å². The van der Waals surface area contributed by atoms with Crippen LogP contribution >= 0.6 is 0 Å². The smallest absolute Gasteiger partial charge is 0.410 e. The number of nitrogens with one attached hydrogen (secondary N) is 3. The molecule has 1 aromatic rings. The molecule has 0 saturated carbocycles. The molecule has 0 aromatic heterocycles. The van der Waals surface area contributed by atoms with Gasteiger partial charge in [-0.15, -0.1) is 0 Å². The van der Waals surface area contributed by atoms with Crippen molar-refractivity contribution < 1.29 is 23.9 Å². The first kappa shape index (κ1) is 29.2. The number of carbonyl (C=O) groups is 3. The number of fused-ring (bicyclic) bond motifs is 3. The molecule has 7 rings (SSSR count). The molecule has 230 valence electrons. The number of ether oxygens (including phenoxy) is 2. The maximum absolute atomic E-state index is 13.2. The second kappa shape index (κ2) is 11.0. The summed E-state index contributed by atoms with van der Waals surface area (Å²) in [6, 6.07) is 5.88. The number of anilines is 1. The van der Waals surface area contributed by atoms with Gasteiger partial charge in [0.05, 0.1) is 18.1 Å². The molecule has 11 heteroatoms. The van der Waals surface area contributed by atoms with E-state index in [1.165, 1.54) is 0 Å². The van der Waals surface area contributed by atoms with E-state index < -0.39 is 5.60 Å². The number of rotatable bonds is 5. The molecule has 3 N–H and O–H groups in total. The van der Waals surface area contributed by atoms with Gasteiger partial charge < -0.3 is 29.9 Å². The van der Waals surface area contributed by atoms with Crippen LogP contribution in [0.1, 0.15) is 75.7 Å². The molecule has 6 fully saturated rings. The normalized spacial score (nSPS) is 30.7. The number of hydrogen-bond donors (Lipinski definition) is 3. The quantitative estimate of drug-likeness (QED) is 0.486. The molecule has 5 unspecified atom stereocenters. The Labute approximate surface area is 248 Å². The van der Waals surface area contributed by atoms with Crippen molar-refractivity contribution in [2.45, 2.75) is 102 Å². The van der Waals surface area contributed by atoms with Crippen molar-refractivity contribution in [1.82, 2.24) is 25.6 Å². The summed E-state index contributed by atoms with van der Waals surface area (Å²) < 4.78 is 11.3. The molecule has 2 bridgehead atoms. The van der Waals surface area contributed by atoms with Crippen molar-refractivity contribution in [2.24, 2.45) is 5.92 Å². The summed E-state index contributed by atoms with van der Waals surface area (Å²) >= 11 is 0. The van der Waals surface area contributed by atoms with Crippen molar-refractivity contribution in [1.29, 1.82) is 0 Å². The van der Waals surface area contributed by atoms with Crippen LogP contribution in [-0.2, 0) is 14.3 Å². The zero-order valence-electron chi connectivity index (χ0n) is 25.6. The molecule has 6 aliphatic heterocycles. The molecular formula is C31H46N6O5. The Bertz CT molecular complexity index is 1210. The van der Waals surface area contributed by atoms with Crippen LogP contribution in [-0.4, -0.2) is 101 Å². The van der Waals surface area contributed by atoms with Gasteiger partial charge in [0.15, 0.2) is 0 Å². The van der Waals surface area contributed by atoms with Crippen molar-refractivity contribution in [2.75, 3.05) is 38.0 Å². The Morgan fingerprint density at radius 1 is 1.14 bits per heavy atom. The minimum absolute atomic E-state index is 0.0407. The topological polar surface area (TPSA) is 115 Å². The van der Waals surface area contributed by atoms with Crippen LogP contribution in [0.2, 0.25) is 0 Å². The van der Waals surface area contributed by atoms with Crippen molar-refractivity contribution in [3.05, 3.63) is 29.3 Å². The summed E-state index contributed by atoms with van der Waals surface area (Å²) in [4.78, 5) is 42.9. The molecule has 1 aromatic carbocycles. The third-order valence-electron chi connectivity index (χ3n) is 9.77. The highest BCUT2D eigenvalue weighted by Crippen LogP contribution is 2.40. The molecular weight excluding hydrogens is 536 g/mol. The van der Waals surface area contributed by atoms with Crippen LogP contribution in [0.25, 0.3) is 0 Å². The van der Waals surface area contributed by atoms with Crippen molar-refractivity contribution in [3.63, 3.8) is 0 Å². The van der Waals surface area contributed by atoms with E-state index in [1.54, 1.807) is 0 Å². The van der Waals surface area contributed by atoms with Gasteiger partial charge in [0.25, 0.3) is 5.91 Å². The van der Waals surface area contributed by atoms with Crippen LogP contribution < -0.4 is 16.1 Å². The predicted octanol–water partition coefficient (Wildman–Crippen LogP) is 2.85. The number of carbonyl (C=O) groups excluding carboxylic acids is 3. The summed E-state index contributed by atoms with van der Waals surface area (Å²) in [7, 11) is 0. The number of benzene rings is 1. The molecule has 6 saturated heterocycles. The highest BCUT2D eigenvalue weighted by Gasteiger charge is 2.54. The van der Waals surface area contributed by atoms with E-state index in [-0.39, 0.29) is 53.8 Å². The first-order valence-corrected chi connectivity index (χ1v) is 15.6. The Hall–Kier alpha value is -2.89. The first-order valence-electron chi connectivity index (χ1n) is 15.6. The molecule has 6 aliphatic rings. The number of morpholine rings is 1. The van der Waals surface area contributed by atoms with Gasteiger partial charge in [0, 0.05) is 62.0 Å². The summed E-state index contributed by atoms with van der Waals surface area (Å²) in [6.07, 6.45) is 4.19. The summed E-state index contributed by atoms with van der Waals surface area (Å²) in [5.41, 5.74) is 5.49. The Morgan fingerprint density at radius 3 is 2.45 bits per heavy atom. The van der Waals surface area contributed by atoms with E-state index in [9.17, 15) is 14.4 Å². The van der Waals surface area contributed by atoms with Gasteiger partial charge in [0.1, 0.15) is 11.8 Å². The number of nitrogens with zero attached hydrogens (tertiary/aromatic N) is 3. The van der Waals surface area contributed by atoms with Gasteiger partial charge in [0.2, 0.25) is 5.91 Å². The number of aryl methyl sites for hydroxylation is 1. The minimum atomic E-state index is -0.527. The highest BCUT2D eigenvalue weighted by atomic mass is 16.6. The van der Waals surface area contributed by atoms with E-state index in [4.69, 9.17) is 9.47 Å². The van der Waals surface area contributed by atoms with Gasteiger partial charge in [-0.05, 0) is 77.1 Å². The number of hydrogen-bond acceptors (Lipinski definition) is 8. The van der Waals surface area contributed by atoms with Crippen LogP contribution in [0.3, 0.4) is 0 Å². The van der Waals surface area contributed by atoms with E-state index in [0.717, 1.165) is 43.4 Å². The monoisotopic (exact) mass is 582 g/mol. The Morgan fingerprint density at radius 2 is 1.83 bits per heavy atom. The van der Waals surface area contributed by atoms with Gasteiger partial charge in [-0.1, -0.05) is 6.92 Å². The molecule has 3 amide bonds. The molecule has 42 heavy (non-hydrogen) atoms. The SMILES string of the molecule is CCC1(N2NC(Nc3ccc(C(=O)N4CC5CC(C4)O5)c(C)c3)C3C(=O)NCCC32)CCN(C(=O)OC(C)(C)C)CC1. The zero-order valence-corrected chi connectivity index (χ0v) is 25.6. The maximum Gasteiger partial charge on any atom is 0.410 e. The number of likely N-dealkylation sites (tertiary alicyclic amines) is 1. The van der Waals surface area contributed by atoms with Gasteiger partial charge in [-0.25, -0.2) is 15.2 Å². The van der Waals surface area contributed by atoms with Crippen LogP contribution in [0.15, 0.2) is 18.2 Å². The lowest BCUT2D eigenvalue weighted by atomic mass is 9.81. The lowest BCUT2D eigenvalue weighted by molar-refractivity contribution is -0.171. The van der Waals surface area contributed by atoms with Gasteiger partial charge in [-0.3, -0.25) is 9.59 Å². The average Bonchev–Trinajstić information content (AvgIpc) is 3.31. The van der Waals surface area contributed by atoms with Crippen LogP contribution in [0.4, 0.5) is 10.5 Å². The second-order valence-electron chi connectivity index (χ2n) is 13.7. The summed E-state index contributed by atoms with van der Waals surface area (Å²) in [5, 5.41) is 9.00. The standard InChI is InChI=1S/C31H46N6O5/c1-6-31(10-13-35(14-11-31)29(40)42-30(3,4)5)37-24-9-12-32-27(38)25(24)26(34-37)33-20-7-8-23(19(2)15-20)28(39)36-17-21-16-22(18-36)41-21/h7-8,15,21-22,24-26,33-34H,6,9-14,16-18H2,1-5H3,(H,32,38). The number of amides is 3. The number of hydrazine groups is 1.